The van der Waals surface area contributed by atoms with Crippen LogP contribution in [0.1, 0.15) is 43.0 Å². The first-order valence-electron chi connectivity index (χ1n) is 11.1. The topological polar surface area (TPSA) is 68.3 Å². The largest absolute Gasteiger partial charge is 0.454 e. The van der Waals surface area contributed by atoms with Gasteiger partial charge in [0.15, 0.2) is 11.5 Å². The maximum Gasteiger partial charge on any atom is 0.242 e. The van der Waals surface area contributed by atoms with Gasteiger partial charge in [-0.1, -0.05) is 25.5 Å². The van der Waals surface area contributed by atoms with Gasteiger partial charge in [-0.25, -0.2) is 0 Å². The summed E-state index contributed by atoms with van der Waals surface area (Å²) < 4.78 is 16.0. The Hall–Kier alpha value is -2.58. The molecule has 2 amide bonds. The van der Waals surface area contributed by atoms with Crippen molar-refractivity contribution in [2.24, 2.45) is 0 Å². The SMILES string of the molecule is CCCCC(=O)N(CCCOC)CC(=O)N(Cc1ccc2c(c1)OCO2)Cc1cccs1. The zero-order valence-electron chi connectivity index (χ0n) is 18.9. The summed E-state index contributed by atoms with van der Waals surface area (Å²) in [6.07, 6.45) is 2.93. The second kappa shape index (κ2) is 12.5. The van der Waals surface area contributed by atoms with Crippen LogP contribution in [0.2, 0.25) is 0 Å². The molecule has 0 fully saturated rings. The maximum atomic E-state index is 13.4. The standard InChI is InChI=1S/C24H32N2O5S/c1-3-4-8-23(27)25(11-6-12-29-2)17-24(28)26(16-20-7-5-13-32-20)15-19-9-10-21-22(14-19)31-18-30-21/h5,7,9-10,13-14H,3-4,6,8,11-12,15-18H2,1-2H3. The normalized spacial score (nSPS) is 12.1. The van der Waals surface area contributed by atoms with Crippen LogP contribution in [0, 0.1) is 0 Å². The molecule has 0 spiro atoms. The zero-order chi connectivity index (χ0) is 22.8. The fourth-order valence-electron chi connectivity index (χ4n) is 3.52. The van der Waals surface area contributed by atoms with E-state index in [-0.39, 0.29) is 25.2 Å². The summed E-state index contributed by atoms with van der Waals surface area (Å²) in [6.45, 7) is 4.35. The highest BCUT2D eigenvalue weighted by molar-refractivity contribution is 7.09. The van der Waals surface area contributed by atoms with E-state index in [9.17, 15) is 9.59 Å². The van der Waals surface area contributed by atoms with Crippen molar-refractivity contribution < 1.29 is 23.8 Å². The number of fused-ring (bicyclic) bond motifs is 1. The number of nitrogens with zero attached hydrogens (tertiary/aromatic N) is 2. The minimum atomic E-state index is -0.0710. The van der Waals surface area contributed by atoms with E-state index in [2.05, 4.69) is 6.92 Å². The van der Waals surface area contributed by atoms with Crippen LogP contribution in [-0.4, -0.2) is 55.2 Å². The van der Waals surface area contributed by atoms with Gasteiger partial charge in [0.2, 0.25) is 18.6 Å². The smallest absolute Gasteiger partial charge is 0.242 e. The minimum absolute atomic E-state index is 0.0236. The zero-order valence-corrected chi connectivity index (χ0v) is 19.7. The van der Waals surface area contributed by atoms with Gasteiger partial charge in [0.05, 0.1) is 13.1 Å². The fourth-order valence-corrected chi connectivity index (χ4v) is 4.24. The summed E-state index contributed by atoms with van der Waals surface area (Å²) in [6, 6.07) is 9.74. The first-order valence-corrected chi connectivity index (χ1v) is 11.9. The molecule has 0 unspecified atom stereocenters. The van der Waals surface area contributed by atoms with Crippen molar-refractivity contribution in [2.75, 3.05) is 33.6 Å². The number of hydrogen-bond donors (Lipinski definition) is 0. The third kappa shape index (κ3) is 6.97. The van der Waals surface area contributed by atoms with E-state index < -0.39 is 0 Å². The molecule has 0 saturated carbocycles. The average molecular weight is 461 g/mol. The summed E-state index contributed by atoms with van der Waals surface area (Å²) >= 11 is 1.62. The lowest BCUT2D eigenvalue weighted by atomic mass is 10.1. The van der Waals surface area contributed by atoms with E-state index in [1.807, 2.05) is 35.7 Å². The summed E-state index contributed by atoms with van der Waals surface area (Å²) in [5.41, 5.74) is 0.961. The van der Waals surface area contributed by atoms with Crippen LogP contribution in [0.4, 0.5) is 0 Å². The molecule has 0 N–H and O–H groups in total. The number of carbonyl (C=O) groups is 2. The van der Waals surface area contributed by atoms with E-state index in [1.54, 1.807) is 28.2 Å². The van der Waals surface area contributed by atoms with Crippen molar-refractivity contribution in [3.8, 4) is 11.5 Å². The van der Waals surface area contributed by atoms with Gasteiger partial charge < -0.3 is 24.0 Å². The molecule has 2 aromatic rings. The van der Waals surface area contributed by atoms with Gasteiger partial charge >= 0.3 is 0 Å². The molecular weight excluding hydrogens is 428 g/mol. The summed E-state index contributed by atoms with van der Waals surface area (Å²) in [7, 11) is 1.64. The van der Waals surface area contributed by atoms with Crippen LogP contribution in [-0.2, 0) is 27.4 Å². The van der Waals surface area contributed by atoms with Gasteiger partial charge in [-0.15, -0.1) is 11.3 Å². The molecular formula is C24H32N2O5S. The van der Waals surface area contributed by atoms with Crippen molar-refractivity contribution in [2.45, 2.75) is 45.7 Å². The number of benzene rings is 1. The van der Waals surface area contributed by atoms with Crippen LogP contribution in [0.5, 0.6) is 11.5 Å². The molecule has 0 atom stereocenters. The van der Waals surface area contributed by atoms with Gasteiger partial charge in [-0.05, 0) is 42.0 Å². The van der Waals surface area contributed by atoms with Crippen molar-refractivity contribution in [3.63, 3.8) is 0 Å². The van der Waals surface area contributed by atoms with Crippen molar-refractivity contribution in [3.05, 3.63) is 46.2 Å². The van der Waals surface area contributed by atoms with Gasteiger partial charge in [-0.2, -0.15) is 0 Å². The van der Waals surface area contributed by atoms with Crippen LogP contribution >= 0.6 is 11.3 Å². The quantitative estimate of drug-likeness (QED) is 0.422. The number of methoxy groups -OCH3 is 1. The highest BCUT2D eigenvalue weighted by atomic mass is 32.1. The van der Waals surface area contributed by atoms with Crippen molar-refractivity contribution in [1.29, 1.82) is 0 Å². The molecule has 0 radical (unpaired) electrons. The summed E-state index contributed by atoms with van der Waals surface area (Å²) in [5.74, 6) is 1.37. The van der Waals surface area contributed by atoms with Crippen LogP contribution in [0.15, 0.2) is 35.7 Å². The van der Waals surface area contributed by atoms with Gasteiger partial charge in [0.1, 0.15) is 0 Å². The van der Waals surface area contributed by atoms with Crippen LogP contribution in [0.3, 0.4) is 0 Å². The molecule has 1 aromatic carbocycles. The Balaban J connectivity index is 1.72. The Morgan fingerprint density at radius 2 is 1.91 bits per heavy atom. The molecule has 1 aliphatic rings. The lowest BCUT2D eigenvalue weighted by molar-refractivity contribution is -0.141. The second-order valence-electron chi connectivity index (χ2n) is 7.78. The first kappa shape index (κ1) is 24.1. The third-order valence-electron chi connectivity index (χ3n) is 5.29. The lowest BCUT2D eigenvalue weighted by Crippen LogP contribution is -2.43. The van der Waals surface area contributed by atoms with E-state index >= 15 is 0 Å². The highest BCUT2D eigenvalue weighted by Crippen LogP contribution is 2.33. The summed E-state index contributed by atoms with van der Waals surface area (Å²) in [4.78, 5) is 30.7. The number of carbonyl (C=O) groups excluding carboxylic acids is 2. The van der Waals surface area contributed by atoms with Gasteiger partial charge in [-0.3, -0.25) is 9.59 Å². The Morgan fingerprint density at radius 1 is 1.06 bits per heavy atom. The monoisotopic (exact) mass is 460 g/mol. The minimum Gasteiger partial charge on any atom is -0.454 e. The van der Waals surface area contributed by atoms with Gasteiger partial charge in [0, 0.05) is 38.1 Å². The number of rotatable bonds is 13. The fraction of sp³-hybridized carbons (Fsp3) is 0.500. The van der Waals surface area contributed by atoms with E-state index in [0.717, 1.165) is 29.0 Å². The number of unbranched alkanes of at least 4 members (excludes halogenated alkanes) is 1. The molecule has 174 valence electrons. The van der Waals surface area contributed by atoms with Crippen molar-refractivity contribution in [1.82, 2.24) is 9.80 Å². The molecule has 32 heavy (non-hydrogen) atoms. The van der Waals surface area contributed by atoms with Crippen LogP contribution < -0.4 is 9.47 Å². The average Bonchev–Trinajstić information content (AvgIpc) is 3.48. The maximum absolute atomic E-state index is 13.4. The van der Waals surface area contributed by atoms with Crippen LogP contribution in [0.25, 0.3) is 0 Å². The molecule has 1 aliphatic heterocycles. The molecule has 8 heteroatoms. The molecule has 7 nitrogen and oxygen atoms in total. The van der Waals surface area contributed by atoms with E-state index in [1.165, 1.54) is 0 Å². The Kier molecular flexibility index (Phi) is 9.37. The first-order chi connectivity index (χ1) is 15.6. The highest BCUT2D eigenvalue weighted by Gasteiger charge is 2.23. The Bertz CT molecular complexity index is 871. The van der Waals surface area contributed by atoms with Crippen molar-refractivity contribution >= 4 is 23.2 Å². The second-order valence-corrected chi connectivity index (χ2v) is 8.81. The molecule has 3 rings (SSSR count). The molecule has 2 heterocycles. The Labute approximate surface area is 193 Å². The number of amides is 2. The summed E-state index contributed by atoms with van der Waals surface area (Å²) in [5, 5.41) is 2.00. The number of ether oxygens (including phenoxy) is 3. The molecule has 0 saturated heterocycles. The third-order valence-corrected chi connectivity index (χ3v) is 6.15. The predicted octanol–water partition coefficient (Wildman–Crippen LogP) is 4.06. The molecule has 0 aliphatic carbocycles. The number of thiophene rings is 1. The number of hydrogen-bond acceptors (Lipinski definition) is 6. The lowest BCUT2D eigenvalue weighted by Gasteiger charge is -2.28. The predicted molar refractivity (Wildman–Crippen MR) is 124 cm³/mol. The van der Waals surface area contributed by atoms with Gasteiger partial charge in [0.25, 0.3) is 0 Å². The Morgan fingerprint density at radius 3 is 2.66 bits per heavy atom. The molecule has 1 aromatic heterocycles. The molecule has 0 bridgehead atoms. The van der Waals surface area contributed by atoms with E-state index in [0.29, 0.717) is 44.8 Å². The van der Waals surface area contributed by atoms with E-state index in [4.69, 9.17) is 14.2 Å².